The third-order valence-corrected chi connectivity index (χ3v) is 12.1. The lowest BCUT2D eigenvalue weighted by Crippen LogP contribution is -2.44. The number of anilines is 5. The number of hydrogen-bond donors (Lipinski definition) is 4. The van der Waals surface area contributed by atoms with Crippen molar-refractivity contribution in [3.63, 3.8) is 0 Å². The van der Waals surface area contributed by atoms with Crippen molar-refractivity contribution in [3.8, 4) is 22.3 Å². The molecule has 4 aromatic heterocycles. The highest BCUT2D eigenvalue weighted by Gasteiger charge is 2.23. The Kier molecular flexibility index (Phi) is 15.3. The monoisotopic (exact) mass is 922 g/mol. The van der Waals surface area contributed by atoms with Crippen molar-refractivity contribution in [3.05, 3.63) is 126 Å². The molecule has 348 valence electrons. The predicted molar refractivity (Wildman–Crippen MR) is 267 cm³/mol. The van der Waals surface area contributed by atoms with E-state index in [0.717, 1.165) is 86.0 Å². The summed E-state index contributed by atoms with van der Waals surface area (Å²) in [6, 6.07) is 21.5. The number of pyridine rings is 2. The fraction of sp³-hybridized carbons (Fsp3) is 0.360. The predicted octanol–water partition coefficient (Wildman–Crippen LogP) is 7.04. The quantitative estimate of drug-likeness (QED) is 0.110. The molecule has 0 radical (unpaired) electrons. The molecule has 0 atom stereocenters. The number of aromatic nitrogens is 6. The Morgan fingerprint density at radius 1 is 0.552 bits per heavy atom. The summed E-state index contributed by atoms with van der Waals surface area (Å²) >= 11 is 6.40. The van der Waals surface area contributed by atoms with Gasteiger partial charge in [0, 0.05) is 135 Å². The molecule has 4 fully saturated rings. The molecule has 6 heterocycles. The Labute approximate surface area is 397 Å². The Hall–Kier alpha value is -6.59. The lowest BCUT2D eigenvalue weighted by molar-refractivity contribution is 0.101. The van der Waals surface area contributed by atoms with Crippen molar-refractivity contribution in [1.82, 2.24) is 39.7 Å². The summed E-state index contributed by atoms with van der Waals surface area (Å²) in [6.45, 7) is 11.7. The summed E-state index contributed by atoms with van der Waals surface area (Å²) in [5.74, 6) is 1.63. The Morgan fingerprint density at radius 3 is 1.39 bits per heavy atom. The number of nitrogens with one attached hydrogen (secondary N) is 3. The number of aryl methyl sites for hydroxylation is 2. The number of nitrogens with two attached hydrogens (primary N) is 1. The number of amides is 2. The van der Waals surface area contributed by atoms with E-state index in [2.05, 4.69) is 104 Å². The number of rotatable bonds is 10. The highest BCUT2D eigenvalue weighted by molar-refractivity contribution is 6.31. The topological polar surface area (TPSA) is 187 Å². The van der Waals surface area contributed by atoms with Crippen molar-refractivity contribution in [2.75, 3.05) is 92.2 Å². The van der Waals surface area contributed by atoms with Gasteiger partial charge in [-0.15, -0.1) is 0 Å². The molecule has 2 aromatic carbocycles. The second kappa shape index (κ2) is 21.8. The smallest absolute Gasteiger partial charge is 0.259 e. The van der Waals surface area contributed by atoms with Gasteiger partial charge in [-0.2, -0.15) is 0 Å². The Bertz CT molecular complexity index is 2590. The zero-order chi connectivity index (χ0) is 46.9. The lowest BCUT2D eigenvalue weighted by Gasteiger charge is -2.34. The van der Waals surface area contributed by atoms with Gasteiger partial charge in [0.05, 0.1) is 11.1 Å². The minimum Gasteiger partial charge on any atom is -0.382 e. The normalized spacial score (nSPS) is 16.2. The average molecular weight is 924 g/mol. The van der Waals surface area contributed by atoms with Gasteiger partial charge in [-0.05, 0) is 125 Å². The molecular formula is C50H59ClN14O2. The van der Waals surface area contributed by atoms with E-state index in [0.29, 0.717) is 51.5 Å². The van der Waals surface area contributed by atoms with Crippen LogP contribution in [0.5, 0.6) is 0 Å². The van der Waals surface area contributed by atoms with E-state index in [1.807, 2.05) is 36.5 Å². The highest BCUT2D eigenvalue weighted by Crippen LogP contribution is 2.34. The molecule has 2 amide bonds. The van der Waals surface area contributed by atoms with Gasteiger partial charge in [0.1, 0.15) is 23.3 Å². The zero-order valence-electron chi connectivity index (χ0n) is 38.6. The fourth-order valence-corrected chi connectivity index (χ4v) is 7.56. The molecule has 0 spiro atoms. The minimum atomic E-state index is -0.296. The number of likely N-dealkylation sites (N-methyl/N-ethyl adjacent to an activating group) is 2. The van der Waals surface area contributed by atoms with Crippen LogP contribution in [0.25, 0.3) is 22.3 Å². The number of nitrogens with zero attached hydrogens (tertiary/aromatic N) is 10. The average Bonchev–Trinajstić information content (AvgIpc) is 4.29. The molecule has 5 N–H and O–H groups in total. The standard InChI is InChI=1S/C25H29N7O.C22H23ClN6O.C3H7N/c1-17-26-15-20(16-27-17)25(33)30-24-6-3-18(14-28-24)19-11-22(29-21-4-5-21)13-23(12-19)32-9-7-31(2)8-10-32;1-15-24-13-18(14-25-15)22(30)27-21-4-3-16(12-26-21)17-9-19(23)11-20(10-17)29-7-5-28(2)6-8-29;4-3-1-2-3/h3,6,11-16,21,29H,4-5,7-10H2,1-2H3,(H,28,30,33);3-4,9-14H,5-8H2,1-2H3,(H,26,27,30);3H,1-2,4H2. The van der Waals surface area contributed by atoms with Crippen LogP contribution >= 0.6 is 11.6 Å². The van der Waals surface area contributed by atoms with Crippen LogP contribution in [0.1, 0.15) is 58.0 Å². The summed E-state index contributed by atoms with van der Waals surface area (Å²) in [5, 5.41) is 9.92. The first-order valence-corrected chi connectivity index (χ1v) is 23.3. The van der Waals surface area contributed by atoms with Gasteiger partial charge in [0.15, 0.2) is 0 Å². The summed E-state index contributed by atoms with van der Waals surface area (Å²) in [5.41, 5.74) is 13.6. The van der Waals surface area contributed by atoms with Crippen LogP contribution in [-0.2, 0) is 0 Å². The van der Waals surface area contributed by atoms with E-state index in [1.54, 1.807) is 26.1 Å². The molecule has 0 unspecified atom stereocenters. The molecule has 16 nitrogen and oxygen atoms in total. The first-order chi connectivity index (χ1) is 32.4. The van der Waals surface area contributed by atoms with Crippen LogP contribution in [0.2, 0.25) is 5.02 Å². The summed E-state index contributed by atoms with van der Waals surface area (Å²) in [4.78, 5) is 59.3. The summed E-state index contributed by atoms with van der Waals surface area (Å²) < 4.78 is 0. The number of halogens is 1. The molecule has 4 aliphatic rings. The number of hydrogen-bond acceptors (Lipinski definition) is 14. The maximum Gasteiger partial charge on any atom is 0.259 e. The number of carbonyl (C=O) groups is 2. The lowest BCUT2D eigenvalue weighted by atomic mass is 10.0. The molecule has 17 heteroatoms. The Balaban J connectivity index is 0.000000168. The molecule has 0 bridgehead atoms. The molecule has 2 saturated heterocycles. The van der Waals surface area contributed by atoms with Gasteiger partial charge in [-0.1, -0.05) is 11.6 Å². The molecule has 2 saturated carbocycles. The van der Waals surface area contributed by atoms with Gasteiger partial charge < -0.3 is 41.3 Å². The summed E-state index contributed by atoms with van der Waals surface area (Å²) in [7, 11) is 4.31. The third-order valence-electron chi connectivity index (χ3n) is 11.9. The van der Waals surface area contributed by atoms with Crippen LogP contribution in [0.4, 0.5) is 28.7 Å². The molecule has 10 rings (SSSR count). The second-order valence-electron chi connectivity index (χ2n) is 17.6. The van der Waals surface area contributed by atoms with Gasteiger partial charge in [-0.25, -0.2) is 29.9 Å². The van der Waals surface area contributed by atoms with Gasteiger partial charge >= 0.3 is 0 Å². The Morgan fingerprint density at radius 2 is 0.985 bits per heavy atom. The van der Waals surface area contributed by atoms with E-state index in [-0.39, 0.29) is 11.8 Å². The number of piperazine rings is 2. The van der Waals surface area contributed by atoms with Crippen LogP contribution in [0, 0.1) is 13.8 Å². The number of benzene rings is 2. The van der Waals surface area contributed by atoms with Crippen molar-refractivity contribution in [1.29, 1.82) is 0 Å². The maximum absolute atomic E-state index is 12.4. The van der Waals surface area contributed by atoms with Crippen LogP contribution in [0.3, 0.4) is 0 Å². The third kappa shape index (κ3) is 13.7. The van der Waals surface area contributed by atoms with Gasteiger partial charge in [0.2, 0.25) is 0 Å². The zero-order valence-corrected chi connectivity index (χ0v) is 39.4. The first-order valence-electron chi connectivity index (χ1n) is 22.9. The van der Waals surface area contributed by atoms with Crippen molar-refractivity contribution >= 4 is 52.1 Å². The fourth-order valence-electron chi connectivity index (χ4n) is 7.33. The number of carbonyl (C=O) groups excluding carboxylic acids is 2. The molecule has 67 heavy (non-hydrogen) atoms. The van der Waals surface area contributed by atoms with Crippen LogP contribution in [0.15, 0.2) is 97.8 Å². The first kappa shape index (κ1) is 46.9. The van der Waals surface area contributed by atoms with Crippen LogP contribution in [-0.4, -0.2) is 130 Å². The molecule has 2 aliphatic heterocycles. The largest absolute Gasteiger partial charge is 0.382 e. The van der Waals surface area contributed by atoms with Gasteiger partial charge in [-0.3, -0.25) is 9.59 Å². The van der Waals surface area contributed by atoms with Crippen LogP contribution < -0.4 is 31.5 Å². The van der Waals surface area contributed by atoms with Crippen molar-refractivity contribution in [2.24, 2.45) is 5.73 Å². The second-order valence-corrected chi connectivity index (χ2v) is 18.1. The SMILES string of the molecule is Cc1ncc(C(=O)Nc2ccc(-c3cc(Cl)cc(N4CCN(C)CC4)c3)cn2)cn1.Cc1ncc(C(=O)Nc2ccc(-c3cc(NC4CC4)cc(N4CCN(C)CC4)c3)cn2)cn1.NC1CC1. The minimum absolute atomic E-state index is 0.275. The molecule has 6 aromatic rings. The van der Waals surface area contributed by atoms with E-state index >= 15 is 0 Å². The van der Waals surface area contributed by atoms with E-state index in [4.69, 9.17) is 17.3 Å². The van der Waals surface area contributed by atoms with Gasteiger partial charge in [0.25, 0.3) is 11.8 Å². The van der Waals surface area contributed by atoms with Crippen molar-refractivity contribution in [2.45, 2.75) is 51.6 Å². The van der Waals surface area contributed by atoms with E-state index in [1.165, 1.54) is 56.2 Å². The highest BCUT2D eigenvalue weighted by atomic mass is 35.5. The maximum atomic E-state index is 12.4. The molecular weight excluding hydrogens is 864 g/mol. The van der Waals surface area contributed by atoms with E-state index in [9.17, 15) is 9.59 Å². The van der Waals surface area contributed by atoms with E-state index < -0.39 is 0 Å². The molecule has 2 aliphatic carbocycles. The van der Waals surface area contributed by atoms with Crippen molar-refractivity contribution < 1.29 is 9.59 Å². The summed E-state index contributed by atoms with van der Waals surface area (Å²) in [6.07, 6.45) is 14.6.